The molecule has 0 unspecified atom stereocenters. The summed E-state index contributed by atoms with van der Waals surface area (Å²) in [5.41, 5.74) is 5.30. The first-order valence-electron chi connectivity index (χ1n) is 4.52. The van der Waals surface area contributed by atoms with Crippen molar-refractivity contribution in [1.29, 1.82) is 5.26 Å². The normalized spacial score (nSPS) is 11.3. The molecule has 4 N–H and O–H groups in total. The van der Waals surface area contributed by atoms with Crippen LogP contribution in [0.3, 0.4) is 0 Å². The molecule has 0 amide bonds. The molecule has 0 fully saturated rings. The molecule has 0 spiro atoms. The van der Waals surface area contributed by atoms with Crippen molar-refractivity contribution >= 4 is 5.84 Å². The van der Waals surface area contributed by atoms with E-state index in [2.05, 4.69) is 11.7 Å². The van der Waals surface area contributed by atoms with Gasteiger partial charge in [0.1, 0.15) is 5.84 Å². The molecule has 0 aliphatic heterocycles. The summed E-state index contributed by atoms with van der Waals surface area (Å²) in [7, 11) is 0. The molecule has 6 nitrogen and oxygen atoms in total. The summed E-state index contributed by atoms with van der Waals surface area (Å²) in [6, 6.07) is 2.01. The average molecular weight is 212 g/mol. The van der Waals surface area contributed by atoms with Gasteiger partial charge >= 0.3 is 0 Å². The summed E-state index contributed by atoms with van der Waals surface area (Å²) in [6.07, 6.45) is 0.749. The Balaban J connectivity index is 4.01. The Kier molecular flexibility index (Phi) is 6.76. The SMILES string of the molecule is C=C(O)CN(CCC#N)CC/C(N)=N/O. The van der Waals surface area contributed by atoms with E-state index in [0.717, 1.165) is 0 Å². The molecule has 0 saturated carbocycles. The van der Waals surface area contributed by atoms with Crippen LogP contribution in [0.5, 0.6) is 0 Å². The van der Waals surface area contributed by atoms with Gasteiger partial charge in [-0.1, -0.05) is 11.7 Å². The topological polar surface area (TPSA) is 106 Å². The van der Waals surface area contributed by atoms with Crippen molar-refractivity contribution < 1.29 is 10.3 Å². The van der Waals surface area contributed by atoms with Crippen molar-refractivity contribution in [2.45, 2.75) is 12.8 Å². The zero-order valence-corrected chi connectivity index (χ0v) is 8.56. The zero-order chi connectivity index (χ0) is 11.7. The van der Waals surface area contributed by atoms with Crippen LogP contribution in [0.4, 0.5) is 0 Å². The highest BCUT2D eigenvalue weighted by Gasteiger charge is 2.06. The lowest BCUT2D eigenvalue weighted by Crippen LogP contribution is -2.30. The molecule has 0 aromatic heterocycles. The van der Waals surface area contributed by atoms with E-state index < -0.39 is 0 Å². The van der Waals surface area contributed by atoms with E-state index in [9.17, 15) is 0 Å². The summed E-state index contributed by atoms with van der Waals surface area (Å²) in [6.45, 7) is 4.70. The summed E-state index contributed by atoms with van der Waals surface area (Å²) in [4.78, 5) is 1.81. The van der Waals surface area contributed by atoms with Crippen LogP contribution >= 0.6 is 0 Å². The Labute approximate surface area is 88.9 Å². The molecule has 0 aliphatic carbocycles. The summed E-state index contributed by atoms with van der Waals surface area (Å²) in [5.74, 6) is 0.160. The molecule has 0 heterocycles. The highest BCUT2D eigenvalue weighted by molar-refractivity contribution is 5.79. The van der Waals surface area contributed by atoms with Crippen LogP contribution in [0.2, 0.25) is 0 Å². The number of rotatable bonds is 7. The third-order valence-electron chi connectivity index (χ3n) is 1.76. The quantitative estimate of drug-likeness (QED) is 0.186. The molecule has 0 aromatic carbocycles. The van der Waals surface area contributed by atoms with E-state index in [1.54, 1.807) is 0 Å². The van der Waals surface area contributed by atoms with Gasteiger partial charge in [0.25, 0.3) is 0 Å². The van der Waals surface area contributed by atoms with Crippen LogP contribution in [0, 0.1) is 11.3 Å². The number of amidine groups is 1. The van der Waals surface area contributed by atoms with Gasteiger partial charge in [0.15, 0.2) is 0 Å². The summed E-state index contributed by atoms with van der Waals surface area (Å²) >= 11 is 0. The number of hydrogen-bond acceptors (Lipinski definition) is 5. The second-order valence-corrected chi connectivity index (χ2v) is 3.09. The maximum atomic E-state index is 9.01. The fourth-order valence-electron chi connectivity index (χ4n) is 1.06. The lowest BCUT2D eigenvalue weighted by atomic mass is 10.3. The largest absolute Gasteiger partial charge is 0.512 e. The number of oxime groups is 1. The van der Waals surface area contributed by atoms with Gasteiger partial charge in [-0.15, -0.1) is 0 Å². The van der Waals surface area contributed by atoms with Crippen molar-refractivity contribution in [3.05, 3.63) is 12.3 Å². The van der Waals surface area contributed by atoms with E-state index in [-0.39, 0.29) is 11.6 Å². The Morgan fingerprint density at radius 1 is 1.53 bits per heavy atom. The predicted molar refractivity (Wildman–Crippen MR) is 56.5 cm³/mol. The number of aliphatic hydroxyl groups excluding tert-OH is 1. The predicted octanol–water partition coefficient (Wildman–Crippen LogP) is 0.410. The van der Waals surface area contributed by atoms with Crippen LogP contribution in [-0.4, -0.2) is 40.7 Å². The highest BCUT2D eigenvalue weighted by Crippen LogP contribution is 1.97. The molecule has 84 valence electrons. The Hall–Kier alpha value is -1.74. The molecule has 0 aromatic rings. The van der Waals surface area contributed by atoms with Gasteiger partial charge in [0.2, 0.25) is 0 Å². The summed E-state index contributed by atoms with van der Waals surface area (Å²) < 4.78 is 0. The summed E-state index contributed by atoms with van der Waals surface area (Å²) in [5, 5.41) is 28.6. The molecular formula is C9H16N4O2. The van der Waals surface area contributed by atoms with Crippen molar-refractivity contribution in [1.82, 2.24) is 4.90 Å². The number of aliphatic hydroxyl groups is 1. The van der Waals surface area contributed by atoms with E-state index >= 15 is 0 Å². The fourth-order valence-corrected chi connectivity index (χ4v) is 1.06. The molecule has 0 atom stereocenters. The van der Waals surface area contributed by atoms with Crippen molar-refractivity contribution in [2.24, 2.45) is 10.9 Å². The maximum Gasteiger partial charge on any atom is 0.140 e. The Morgan fingerprint density at radius 2 is 2.20 bits per heavy atom. The monoisotopic (exact) mass is 212 g/mol. The van der Waals surface area contributed by atoms with Crippen LogP contribution in [0.25, 0.3) is 0 Å². The minimum absolute atomic E-state index is 0.0347. The molecular weight excluding hydrogens is 196 g/mol. The zero-order valence-electron chi connectivity index (χ0n) is 8.56. The molecule has 0 saturated heterocycles. The van der Waals surface area contributed by atoms with Crippen molar-refractivity contribution in [3.8, 4) is 6.07 Å². The molecule has 6 heteroatoms. The van der Waals surface area contributed by atoms with Crippen LogP contribution in [0.1, 0.15) is 12.8 Å². The van der Waals surface area contributed by atoms with Gasteiger partial charge in [-0.3, -0.25) is 4.90 Å². The lowest BCUT2D eigenvalue weighted by molar-refractivity contribution is 0.258. The first kappa shape index (κ1) is 13.3. The molecule has 0 radical (unpaired) electrons. The van der Waals surface area contributed by atoms with Gasteiger partial charge in [0, 0.05) is 25.9 Å². The minimum atomic E-state index is 0.0347. The standard InChI is InChI=1S/C9H16N4O2/c1-8(14)7-13(5-2-4-10)6-3-9(11)12-15/h14-15H,1-3,5-7H2,(H2,11,12). The van der Waals surface area contributed by atoms with Gasteiger partial charge in [0.05, 0.1) is 18.4 Å². The Morgan fingerprint density at radius 3 is 2.67 bits per heavy atom. The fraction of sp³-hybridized carbons (Fsp3) is 0.556. The smallest absolute Gasteiger partial charge is 0.140 e. The number of nitriles is 1. The molecule has 0 rings (SSSR count). The Bertz CT molecular complexity index is 270. The average Bonchev–Trinajstić information content (AvgIpc) is 2.20. The van der Waals surface area contributed by atoms with Crippen LogP contribution in [0.15, 0.2) is 17.5 Å². The first-order valence-corrected chi connectivity index (χ1v) is 4.52. The number of hydrogen-bond donors (Lipinski definition) is 3. The van der Waals surface area contributed by atoms with Crippen molar-refractivity contribution in [2.75, 3.05) is 19.6 Å². The van der Waals surface area contributed by atoms with E-state index in [0.29, 0.717) is 32.5 Å². The first-order chi connectivity index (χ1) is 7.10. The third-order valence-corrected chi connectivity index (χ3v) is 1.76. The number of nitrogens with two attached hydrogens (primary N) is 1. The lowest BCUT2D eigenvalue weighted by Gasteiger charge is -2.19. The van der Waals surface area contributed by atoms with Gasteiger partial charge < -0.3 is 16.0 Å². The maximum absolute atomic E-state index is 9.01. The molecule has 0 aliphatic rings. The van der Waals surface area contributed by atoms with Crippen LogP contribution in [-0.2, 0) is 0 Å². The van der Waals surface area contributed by atoms with E-state index in [1.807, 2.05) is 11.0 Å². The van der Waals surface area contributed by atoms with Crippen molar-refractivity contribution in [3.63, 3.8) is 0 Å². The van der Waals surface area contributed by atoms with Gasteiger partial charge in [-0.05, 0) is 0 Å². The second kappa shape index (κ2) is 7.64. The third kappa shape index (κ3) is 7.34. The van der Waals surface area contributed by atoms with Gasteiger partial charge in [-0.25, -0.2) is 0 Å². The minimum Gasteiger partial charge on any atom is -0.512 e. The van der Waals surface area contributed by atoms with Gasteiger partial charge in [-0.2, -0.15) is 5.26 Å². The van der Waals surface area contributed by atoms with E-state index in [1.165, 1.54) is 0 Å². The highest BCUT2D eigenvalue weighted by atomic mass is 16.4. The van der Waals surface area contributed by atoms with Crippen LogP contribution < -0.4 is 5.73 Å². The molecule has 0 bridgehead atoms. The molecule has 15 heavy (non-hydrogen) atoms. The number of nitrogens with zero attached hydrogens (tertiary/aromatic N) is 3. The van der Waals surface area contributed by atoms with E-state index in [4.69, 9.17) is 21.3 Å². The second-order valence-electron chi connectivity index (χ2n) is 3.09.